The number of benzene rings is 1. The Kier molecular flexibility index (Phi) is 4.32. The molecule has 2 rings (SSSR count). The normalized spacial score (nSPS) is 9.65. The van der Waals surface area contributed by atoms with Gasteiger partial charge >= 0.3 is 0 Å². The highest BCUT2D eigenvalue weighted by atomic mass is 16.1. The lowest BCUT2D eigenvalue weighted by atomic mass is 10.1. The second-order valence-corrected chi connectivity index (χ2v) is 4.21. The lowest BCUT2D eigenvalue weighted by Gasteiger charge is -2.06. The van der Waals surface area contributed by atoms with Crippen LogP contribution in [-0.2, 0) is 6.54 Å². The van der Waals surface area contributed by atoms with Crippen molar-refractivity contribution in [3.8, 4) is 0 Å². The van der Waals surface area contributed by atoms with E-state index in [0.29, 0.717) is 11.4 Å². The molecule has 0 atom stereocenters. The predicted molar refractivity (Wildman–Crippen MR) is 76.2 cm³/mol. The molecular weight excluding hydrogens is 254 g/mol. The zero-order chi connectivity index (χ0) is 14.4. The van der Waals surface area contributed by atoms with E-state index in [1.165, 1.54) is 0 Å². The Bertz CT molecular complexity index is 677. The zero-order valence-electron chi connectivity index (χ0n) is 10.9. The van der Waals surface area contributed by atoms with Gasteiger partial charge in [0.05, 0.1) is 6.54 Å². The molecule has 2 aromatic rings. The van der Waals surface area contributed by atoms with Gasteiger partial charge in [-0.15, -0.1) is 0 Å². The maximum atomic E-state index is 12.1. The summed E-state index contributed by atoms with van der Waals surface area (Å²) < 4.78 is 0. The molecule has 0 radical (unpaired) electrons. The number of nitrogens with zero attached hydrogens (tertiary/aromatic N) is 4. The minimum atomic E-state index is -0.245. The Balaban J connectivity index is 2.14. The van der Waals surface area contributed by atoms with Gasteiger partial charge in [0.2, 0.25) is 0 Å². The molecule has 100 valence electrons. The Morgan fingerprint density at radius 3 is 2.90 bits per heavy atom. The summed E-state index contributed by atoms with van der Waals surface area (Å²) in [7, 11) is 0. The number of hydrogen-bond donors (Lipinski definition) is 1. The van der Waals surface area contributed by atoms with E-state index in [2.05, 4.69) is 20.3 Å². The van der Waals surface area contributed by atoms with E-state index >= 15 is 0 Å². The Hall–Kier alpha value is -2.85. The molecule has 0 saturated carbocycles. The number of carbonyl (C=O) groups excluding carboxylic acids is 1. The highest BCUT2D eigenvalue weighted by Gasteiger charge is 2.07. The van der Waals surface area contributed by atoms with Gasteiger partial charge in [-0.3, -0.25) is 4.79 Å². The second kappa shape index (κ2) is 6.36. The van der Waals surface area contributed by atoms with E-state index in [9.17, 15) is 4.79 Å². The lowest BCUT2D eigenvalue weighted by molar-refractivity contribution is 0.102. The van der Waals surface area contributed by atoms with Gasteiger partial charge < -0.3 is 5.32 Å². The van der Waals surface area contributed by atoms with E-state index in [1.807, 2.05) is 19.1 Å². The van der Waals surface area contributed by atoms with Crippen LogP contribution in [0.25, 0.3) is 10.4 Å². The molecule has 6 nitrogen and oxygen atoms in total. The van der Waals surface area contributed by atoms with Crippen molar-refractivity contribution in [2.75, 3.05) is 5.32 Å². The molecule has 1 amide bonds. The number of carbonyl (C=O) groups is 1. The van der Waals surface area contributed by atoms with Crippen LogP contribution in [0.15, 0.2) is 47.6 Å². The smallest absolute Gasteiger partial charge is 0.256 e. The van der Waals surface area contributed by atoms with Crippen molar-refractivity contribution in [2.24, 2.45) is 5.11 Å². The molecule has 1 aromatic heterocycles. The number of azide groups is 1. The van der Waals surface area contributed by atoms with E-state index in [1.54, 1.807) is 30.3 Å². The summed E-state index contributed by atoms with van der Waals surface area (Å²) in [6.07, 6.45) is 0. The largest absolute Gasteiger partial charge is 0.307 e. The molecule has 1 heterocycles. The number of rotatable bonds is 4. The summed E-state index contributed by atoms with van der Waals surface area (Å²) in [5, 5.41) is 6.20. The third kappa shape index (κ3) is 3.57. The first-order valence-electron chi connectivity index (χ1n) is 6.04. The summed E-state index contributed by atoms with van der Waals surface area (Å²) in [6.45, 7) is 2.08. The number of aryl methyl sites for hydroxylation is 1. The summed E-state index contributed by atoms with van der Waals surface area (Å²) >= 11 is 0. The third-order valence-corrected chi connectivity index (χ3v) is 2.64. The molecule has 1 aromatic carbocycles. The minimum absolute atomic E-state index is 0.223. The van der Waals surface area contributed by atoms with Gasteiger partial charge in [-0.2, -0.15) is 0 Å². The summed E-state index contributed by atoms with van der Waals surface area (Å²) in [5.41, 5.74) is 10.4. The fraction of sp³-hybridized carbons (Fsp3) is 0.143. The van der Waals surface area contributed by atoms with Crippen LogP contribution in [-0.4, -0.2) is 10.9 Å². The van der Waals surface area contributed by atoms with Gasteiger partial charge in [0.25, 0.3) is 5.91 Å². The van der Waals surface area contributed by atoms with E-state index in [0.717, 1.165) is 11.3 Å². The van der Waals surface area contributed by atoms with E-state index < -0.39 is 0 Å². The number of aromatic nitrogens is 1. The van der Waals surface area contributed by atoms with Crippen molar-refractivity contribution in [3.05, 3.63) is 69.7 Å². The first kappa shape index (κ1) is 13.6. The number of pyridine rings is 1. The van der Waals surface area contributed by atoms with Gasteiger partial charge in [-0.1, -0.05) is 23.3 Å². The maximum absolute atomic E-state index is 12.1. The molecule has 20 heavy (non-hydrogen) atoms. The van der Waals surface area contributed by atoms with Gasteiger partial charge in [-0.25, -0.2) is 4.98 Å². The van der Waals surface area contributed by atoms with Crippen LogP contribution >= 0.6 is 0 Å². The number of nitrogens with one attached hydrogen (secondary N) is 1. The molecule has 0 aliphatic carbocycles. The highest BCUT2D eigenvalue weighted by molar-refractivity contribution is 6.03. The molecule has 0 fully saturated rings. The van der Waals surface area contributed by atoms with Gasteiger partial charge in [0, 0.05) is 16.2 Å². The van der Waals surface area contributed by atoms with Crippen molar-refractivity contribution >= 4 is 11.7 Å². The summed E-state index contributed by atoms with van der Waals surface area (Å²) in [5.74, 6) is 0.265. The number of amides is 1. The average molecular weight is 267 g/mol. The monoisotopic (exact) mass is 267 g/mol. The minimum Gasteiger partial charge on any atom is -0.307 e. The molecule has 0 saturated heterocycles. The van der Waals surface area contributed by atoms with Crippen molar-refractivity contribution in [3.63, 3.8) is 0 Å². The van der Waals surface area contributed by atoms with Crippen LogP contribution in [0.3, 0.4) is 0 Å². The maximum Gasteiger partial charge on any atom is 0.256 e. The number of anilines is 1. The van der Waals surface area contributed by atoms with Gasteiger partial charge in [-0.05, 0) is 42.3 Å². The Labute approximate surface area is 116 Å². The van der Waals surface area contributed by atoms with Crippen molar-refractivity contribution in [1.82, 2.24) is 4.98 Å². The molecule has 1 N–H and O–H groups in total. The first-order chi connectivity index (χ1) is 9.69. The van der Waals surface area contributed by atoms with Crippen LogP contribution in [0, 0.1) is 6.92 Å². The second-order valence-electron chi connectivity index (χ2n) is 4.21. The standard InChI is InChI=1S/C14H13N5O/c1-10-4-2-7-13(17-10)18-14(20)12-6-3-5-11(8-12)9-16-19-15/h2-8H,9H2,1H3,(H,17,18,20). The SMILES string of the molecule is Cc1cccc(NC(=O)c2cccc(CN=[N+]=[N-])c2)n1. The topological polar surface area (TPSA) is 90.8 Å². The van der Waals surface area contributed by atoms with Crippen LogP contribution in [0.4, 0.5) is 5.82 Å². The summed E-state index contributed by atoms with van der Waals surface area (Å²) in [4.78, 5) is 19.0. The Morgan fingerprint density at radius 1 is 1.35 bits per heavy atom. The lowest BCUT2D eigenvalue weighted by Crippen LogP contribution is -2.13. The quantitative estimate of drug-likeness (QED) is 0.522. The third-order valence-electron chi connectivity index (χ3n) is 2.64. The van der Waals surface area contributed by atoms with Crippen LogP contribution in [0.5, 0.6) is 0 Å². The average Bonchev–Trinajstić information content (AvgIpc) is 2.45. The van der Waals surface area contributed by atoms with Crippen molar-refractivity contribution in [2.45, 2.75) is 13.5 Å². The molecule has 0 spiro atoms. The Morgan fingerprint density at radius 2 is 2.15 bits per heavy atom. The van der Waals surface area contributed by atoms with E-state index in [4.69, 9.17) is 5.53 Å². The molecule has 6 heteroatoms. The zero-order valence-corrected chi connectivity index (χ0v) is 10.9. The van der Waals surface area contributed by atoms with Crippen LogP contribution < -0.4 is 5.32 Å². The van der Waals surface area contributed by atoms with E-state index in [-0.39, 0.29) is 12.5 Å². The predicted octanol–water partition coefficient (Wildman–Crippen LogP) is 3.45. The molecule has 0 aliphatic rings. The molecular formula is C14H13N5O. The van der Waals surface area contributed by atoms with Crippen molar-refractivity contribution in [1.29, 1.82) is 0 Å². The number of hydrogen-bond acceptors (Lipinski definition) is 3. The first-order valence-corrected chi connectivity index (χ1v) is 6.04. The molecule has 0 bridgehead atoms. The molecule has 0 unspecified atom stereocenters. The fourth-order valence-electron chi connectivity index (χ4n) is 1.73. The van der Waals surface area contributed by atoms with Crippen LogP contribution in [0.2, 0.25) is 0 Å². The summed E-state index contributed by atoms with van der Waals surface area (Å²) in [6, 6.07) is 12.4. The van der Waals surface area contributed by atoms with Gasteiger partial charge in [0.1, 0.15) is 5.82 Å². The van der Waals surface area contributed by atoms with Crippen LogP contribution in [0.1, 0.15) is 21.6 Å². The molecule has 0 aliphatic heterocycles. The fourth-order valence-corrected chi connectivity index (χ4v) is 1.73. The van der Waals surface area contributed by atoms with Gasteiger partial charge in [0.15, 0.2) is 0 Å². The van der Waals surface area contributed by atoms with Crippen molar-refractivity contribution < 1.29 is 4.79 Å². The highest BCUT2D eigenvalue weighted by Crippen LogP contribution is 2.10.